The maximum atomic E-state index is 12.7. The summed E-state index contributed by atoms with van der Waals surface area (Å²) in [5.41, 5.74) is 1.66. The molecule has 7 heteroatoms. The zero-order valence-corrected chi connectivity index (χ0v) is 15.5. The Morgan fingerprint density at radius 3 is 2.29 bits per heavy atom. The van der Waals surface area contributed by atoms with Crippen LogP contribution in [0.15, 0.2) is 67.1 Å². The van der Waals surface area contributed by atoms with Crippen LogP contribution in [0.25, 0.3) is 0 Å². The van der Waals surface area contributed by atoms with Crippen molar-refractivity contribution < 1.29 is 4.79 Å². The second kappa shape index (κ2) is 8.47. The molecule has 28 heavy (non-hydrogen) atoms. The van der Waals surface area contributed by atoms with Gasteiger partial charge < -0.3 is 15.1 Å². The third-order valence-corrected chi connectivity index (χ3v) is 4.73. The standard InChI is InChI=1S/C21H22N6O/c28-20(27-12-10-26(11-13-27)19-8-4-5-9-22-19)18-15-24-21(25-16-18)23-14-17-6-2-1-3-7-17/h1-9,15-16H,10-14H2,(H,23,24,25). The molecule has 0 aliphatic carbocycles. The number of aromatic nitrogens is 3. The number of pyridine rings is 1. The molecular weight excluding hydrogens is 352 g/mol. The summed E-state index contributed by atoms with van der Waals surface area (Å²) >= 11 is 0. The predicted octanol–water partition coefficient (Wildman–Crippen LogP) is 2.45. The summed E-state index contributed by atoms with van der Waals surface area (Å²) in [5, 5.41) is 3.17. The van der Waals surface area contributed by atoms with Crippen molar-refractivity contribution in [2.24, 2.45) is 0 Å². The van der Waals surface area contributed by atoms with Crippen LogP contribution in [0.1, 0.15) is 15.9 Å². The van der Waals surface area contributed by atoms with Gasteiger partial charge in [-0.2, -0.15) is 0 Å². The third kappa shape index (κ3) is 4.25. The van der Waals surface area contributed by atoms with E-state index in [0.29, 0.717) is 31.1 Å². The van der Waals surface area contributed by atoms with Gasteiger partial charge in [0, 0.05) is 51.3 Å². The van der Waals surface area contributed by atoms with Gasteiger partial charge in [-0.15, -0.1) is 0 Å². The number of piperazine rings is 1. The number of hydrogen-bond donors (Lipinski definition) is 1. The van der Waals surface area contributed by atoms with Gasteiger partial charge in [0.2, 0.25) is 5.95 Å². The van der Waals surface area contributed by atoms with Gasteiger partial charge in [0.25, 0.3) is 5.91 Å². The normalized spacial score (nSPS) is 14.0. The summed E-state index contributed by atoms with van der Waals surface area (Å²) in [6.07, 6.45) is 4.97. The average Bonchev–Trinajstić information content (AvgIpc) is 2.79. The van der Waals surface area contributed by atoms with Gasteiger partial charge in [-0.3, -0.25) is 4.79 Å². The van der Waals surface area contributed by atoms with Crippen LogP contribution in [-0.4, -0.2) is 51.9 Å². The van der Waals surface area contributed by atoms with Gasteiger partial charge in [0.05, 0.1) is 5.56 Å². The van der Waals surface area contributed by atoms with Gasteiger partial charge >= 0.3 is 0 Å². The molecule has 1 aliphatic heterocycles. The predicted molar refractivity (Wildman–Crippen MR) is 108 cm³/mol. The first-order chi connectivity index (χ1) is 13.8. The number of amides is 1. The molecule has 0 saturated carbocycles. The Morgan fingerprint density at radius 2 is 1.61 bits per heavy atom. The fourth-order valence-corrected chi connectivity index (χ4v) is 3.17. The van der Waals surface area contributed by atoms with Gasteiger partial charge in [-0.25, -0.2) is 15.0 Å². The SMILES string of the molecule is O=C(c1cnc(NCc2ccccc2)nc1)N1CCN(c2ccccn2)CC1. The second-order valence-corrected chi connectivity index (χ2v) is 6.60. The highest BCUT2D eigenvalue weighted by atomic mass is 16.2. The second-order valence-electron chi connectivity index (χ2n) is 6.60. The summed E-state index contributed by atoms with van der Waals surface area (Å²) in [6, 6.07) is 15.9. The Bertz CT molecular complexity index is 893. The maximum Gasteiger partial charge on any atom is 0.257 e. The van der Waals surface area contributed by atoms with Crippen molar-refractivity contribution in [2.75, 3.05) is 36.4 Å². The smallest absolute Gasteiger partial charge is 0.257 e. The van der Waals surface area contributed by atoms with Crippen LogP contribution in [0.3, 0.4) is 0 Å². The Hall–Kier alpha value is -3.48. The Balaban J connectivity index is 1.31. The molecule has 0 spiro atoms. The molecule has 7 nitrogen and oxygen atoms in total. The van der Waals surface area contributed by atoms with Crippen molar-refractivity contribution in [1.82, 2.24) is 19.9 Å². The molecule has 3 heterocycles. The van der Waals surface area contributed by atoms with E-state index in [1.807, 2.05) is 53.4 Å². The van der Waals surface area contributed by atoms with Crippen molar-refractivity contribution in [1.29, 1.82) is 0 Å². The summed E-state index contributed by atoms with van der Waals surface area (Å²) in [4.78, 5) is 29.7. The monoisotopic (exact) mass is 374 g/mol. The molecule has 1 amide bonds. The lowest BCUT2D eigenvalue weighted by atomic mass is 10.2. The van der Waals surface area contributed by atoms with Gasteiger partial charge in [-0.1, -0.05) is 36.4 Å². The molecule has 1 aromatic carbocycles. The fraction of sp³-hybridized carbons (Fsp3) is 0.238. The van der Waals surface area contributed by atoms with E-state index in [-0.39, 0.29) is 5.91 Å². The van der Waals surface area contributed by atoms with E-state index in [9.17, 15) is 4.79 Å². The Labute approximate surface area is 164 Å². The molecule has 1 aliphatic rings. The molecule has 2 aromatic heterocycles. The van der Waals surface area contributed by atoms with E-state index in [2.05, 4.69) is 25.2 Å². The molecule has 3 aromatic rings. The summed E-state index contributed by atoms with van der Waals surface area (Å²) in [7, 11) is 0. The van der Waals surface area contributed by atoms with Crippen LogP contribution in [0, 0.1) is 0 Å². The number of benzene rings is 1. The highest BCUT2D eigenvalue weighted by molar-refractivity contribution is 5.93. The van der Waals surface area contributed by atoms with Gasteiger partial charge in [0.15, 0.2) is 0 Å². The summed E-state index contributed by atoms with van der Waals surface area (Å²) in [6.45, 7) is 3.48. The Morgan fingerprint density at radius 1 is 0.893 bits per heavy atom. The molecular formula is C21H22N6O. The molecule has 1 fully saturated rings. The molecule has 4 rings (SSSR count). The van der Waals surface area contributed by atoms with Crippen molar-refractivity contribution in [3.63, 3.8) is 0 Å². The largest absolute Gasteiger partial charge is 0.353 e. The molecule has 1 N–H and O–H groups in total. The van der Waals surface area contributed by atoms with Crippen LogP contribution in [0.2, 0.25) is 0 Å². The Kier molecular flexibility index (Phi) is 5.42. The summed E-state index contributed by atoms with van der Waals surface area (Å²) in [5.74, 6) is 1.43. The number of hydrogen-bond acceptors (Lipinski definition) is 6. The first-order valence-electron chi connectivity index (χ1n) is 9.35. The van der Waals surface area contributed by atoms with Crippen molar-refractivity contribution >= 4 is 17.7 Å². The molecule has 0 bridgehead atoms. The van der Waals surface area contributed by atoms with Crippen LogP contribution >= 0.6 is 0 Å². The number of nitrogens with zero attached hydrogens (tertiary/aromatic N) is 5. The maximum absolute atomic E-state index is 12.7. The number of carbonyl (C=O) groups excluding carboxylic acids is 1. The van der Waals surface area contributed by atoms with E-state index in [0.717, 1.165) is 24.5 Å². The van der Waals surface area contributed by atoms with E-state index in [1.54, 1.807) is 18.6 Å². The van der Waals surface area contributed by atoms with Crippen LogP contribution in [0.4, 0.5) is 11.8 Å². The highest BCUT2D eigenvalue weighted by Gasteiger charge is 2.23. The number of anilines is 2. The highest BCUT2D eigenvalue weighted by Crippen LogP contribution is 2.14. The first-order valence-corrected chi connectivity index (χ1v) is 9.35. The van der Waals surface area contributed by atoms with Crippen molar-refractivity contribution in [3.8, 4) is 0 Å². The minimum Gasteiger partial charge on any atom is -0.353 e. The van der Waals surface area contributed by atoms with Crippen molar-refractivity contribution in [3.05, 3.63) is 78.2 Å². The van der Waals surface area contributed by atoms with Crippen LogP contribution < -0.4 is 10.2 Å². The number of carbonyl (C=O) groups is 1. The van der Waals surface area contributed by atoms with Crippen LogP contribution in [0.5, 0.6) is 0 Å². The zero-order valence-electron chi connectivity index (χ0n) is 15.5. The quantitative estimate of drug-likeness (QED) is 0.739. The fourth-order valence-electron chi connectivity index (χ4n) is 3.17. The van der Waals surface area contributed by atoms with E-state index in [4.69, 9.17) is 0 Å². The first kappa shape index (κ1) is 17.9. The molecule has 1 saturated heterocycles. The average molecular weight is 374 g/mol. The van der Waals surface area contributed by atoms with E-state index in [1.165, 1.54) is 0 Å². The third-order valence-electron chi connectivity index (χ3n) is 4.73. The minimum absolute atomic E-state index is 0.0321. The number of nitrogens with one attached hydrogen (secondary N) is 1. The molecule has 0 unspecified atom stereocenters. The molecule has 0 radical (unpaired) electrons. The lowest BCUT2D eigenvalue weighted by Gasteiger charge is -2.35. The van der Waals surface area contributed by atoms with Crippen molar-refractivity contribution in [2.45, 2.75) is 6.54 Å². The zero-order chi connectivity index (χ0) is 19.2. The summed E-state index contributed by atoms with van der Waals surface area (Å²) < 4.78 is 0. The topological polar surface area (TPSA) is 74.2 Å². The van der Waals surface area contributed by atoms with Gasteiger partial charge in [-0.05, 0) is 17.7 Å². The molecule has 0 atom stereocenters. The van der Waals surface area contributed by atoms with E-state index >= 15 is 0 Å². The van der Waals surface area contributed by atoms with Gasteiger partial charge in [0.1, 0.15) is 5.82 Å². The van der Waals surface area contributed by atoms with E-state index < -0.39 is 0 Å². The lowest BCUT2D eigenvalue weighted by molar-refractivity contribution is 0.0745. The lowest BCUT2D eigenvalue weighted by Crippen LogP contribution is -2.49. The molecule has 142 valence electrons. The van der Waals surface area contributed by atoms with Crippen LogP contribution in [-0.2, 0) is 6.54 Å². The minimum atomic E-state index is -0.0321. The number of rotatable bonds is 5.